The zero-order valence-corrected chi connectivity index (χ0v) is 15.2. The Kier molecular flexibility index (Phi) is 5.09. The van der Waals surface area contributed by atoms with Crippen LogP contribution in [0.3, 0.4) is 0 Å². The third-order valence-corrected chi connectivity index (χ3v) is 4.22. The fourth-order valence-electron chi connectivity index (χ4n) is 3.00. The van der Waals surface area contributed by atoms with Crippen LogP contribution in [-0.2, 0) is 21.4 Å². The molecule has 0 unspecified atom stereocenters. The molecule has 2 rings (SSSR count). The lowest BCUT2D eigenvalue weighted by Gasteiger charge is -2.37. The number of nitrogens with one attached hydrogen (secondary N) is 1. The maximum atomic E-state index is 12.1. The topological polar surface area (TPSA) is 64.1 Å². The monoisotopic (exact) mass is 319 g/mol. The highest BCUT2D eigenvalue weighted by Crippen LogP contribution is 2.40. The van der Waals surface area contributed by atoms with Crippen molar-refractivity contribution in [3.63, 3.8) is 0 Å². The molecule has 1 heterocycles. The fraction of sp³-hybridized carbons (Fsp3) is 0.722. The standard InChI is InChI=1S/C18H29N3O2/c1-17(2,3)16-19-11-12-13(20-15(22)7-8-23-6)9-18(4,5)10-14(12)21-16/h11,13H,7-10H2,1-6H3,(H,20,22)/t13-/m0/s1. The molecule has 0 fully saturated rings. The first kappa shape index (κ1) is 17.9. The smallest absolute Gasteiger partial charge is 0.222 e. The van der Waals surface area contributed by atoms with E-state index in [1.807, 2.05) is 6.20 Å². The van der Waals surface area contributed by atoms with Gasteiger partial charge in [-0.3, -0.25) is 4.79 Å². The van der Waals surface area contributed by atoms with E-state index >= 15 is 0 Å². The summed E-state index contributed by atoms with van der Waals surface area (Å²) < 4.78 is 4.98. The van der Waals surface area contributed by atoms with Crippen LogP contribution in [0.5, 0.6) is 0 Å². The molecule has 1 aromatic rings. The summed E-state index contributed by atoms with van der Waals surface area (Å²) in [5, 5.41) is 3.12. The van der Waals surface area contributed by atoms with Crippen LogP contribution in [0.1, 0.15) is 70.6 Å². The van der Waals surface area contributed by atoms with E-state index in [4.69, 9.17) is 9.72 Å². The van der Waals surface area contributed by atoms with Gasteiger partial charge in [0.25, 0.3) is 0 Å². The van der Waals surface area contributed by atoms with Crippen LogP contribution >= 0.6 is 0 Å². The second-order valence-electron chi connectivity index (χ2n) is 8.25. The van der Waals surface area contributed by atoms with Crippen molar-refractivity contribution in [3.8, 4) is 0 Å². The van der Waals surface area contributed by atoms with Crippen LogP contribution in [0.25, 0.3) is 0 Å². The number of methoxy groups -OCH3 is 1. The minimum absolute atomic E-state index is 0.0143. The summed E-state index contributed by atoms with van der Waals surface area (Å²) >= 11 is 0. The summed E-state index contributed by atoms with van der Waals surface area (Å²) in [6.07, 6.45) is 4.10. The molecule has 128 valence electrons. The molecule has 1 aromatic heterocycles. The summed E-state index contributed by atoms with van der Waals surface area (Å²) in [6, 6.07) is -0.0212. The van der Waals surface area contributed by atoms with Crippen molar-refractivity contribution in [1.82, 2.24) is 15.3 Å². The normalized spacial score (nSPS) is 20.0. The van der Waals surface area contributed by atoms with Gasteiger partial charge in [0.1, 0.15) is 5.82 Å². The second-order valence-corrected chi connectivity index (χ2v) is 8.25. The highest BCUT2D eigenvalue weighted by atomic mass is 16.5. The number of rotatable bonds is 4. The van der Waals surface area contributed by atoms with Gasteiger partial charge in [-0.15, -0.1) is 0 Å². The van der Waals surface area contributed by atoms with Gasteiger partial charge in [-0.1, -0.05) is 34.6 Å². The number of amides is 1. The van der Waals surface area contributed by atoms with Gasteiger partial charge < -0.3 is 10.1 Å². The highest BCUT2D eigenvalue weighted by Gasteiger charge is 2.35. The zero-order chi connectivity index (χ0) is 17.3. The third kappa shape index (κ3) is 4.50. The van der Waals surface area contributed by atoms with Crippen molar-refractivity contribution >= 4 is 5.91 Å². The molecule has 1 amide bonds. The van der Waals surface area contributed by atoms with Gasteiger partial charge >= 0.3 is 0 Å². The largest absolute Gasteiger partial charge is 0.384 e. The SMILES string of the molecule is COCCC(=O)N[C@H]1CC(C)(C)Cc2nc(C(C)(C)C)ncc21. The molecule has 1 aliphatic carbocycles. The predicted molar refractivity (Wildman–Crippen MR) is 90.2 cm³/mol. The van der Waals surface area contributed by atoms with Crippen molar-refractivity contribution in [1.29, 1.82) is 0 Å². The van der Waals surface area contributed by atoms with E-state index in [0.29, 0.717) is 13.0 Å². The van der Waals surface area contributed by atoms with Crippen LogP contribution in [0, 0.1) is 5.41 Å². The van der Waals surface area contributed by atoms with E-state index in [1.54, 1.807) is 7.11 Å². The molecule has 1 aliphatic rings. The van der Waals surface area contributed by atoms with E-state index in [0.717, 1.165) is 29.9 Å². The van der Waals surface area contributed by atoms with Gasteiger partial charge in [-0.05, 0) is 18.3 Å². The molecule has 0 bridgehead atoms. The lowest BCUT2D eigenvalue weighted by Crippen LogP contribution is -2.38. The van der Waals surface area contributed by atoms with Gasteiger partial charge in [0.2, 0.25) is 5.91 Å². The van der Waals surface area contributed by atoms with E-state index < -0.39 is 0 Å². The maximum absolute atomic E-state index is 12.1. The van der Waals surface area contributed by atoms with Crippen LogP contribution in [0.4, 0.5) is 0 Å². The lowest BCUT2D eigenvalue weighted by atomic mass is 9.74. The van der Waals surface area contributed by atoms with Gasteiger partial charge in [0, 0.05) is 36.4 Å². The second kappa shape index (κ2) is 6.56. The molecule has 0 aromatic carbocycles. The Morgan fingerprint density at radius 3 is 2.74 bits per heavy atom. The Morgan fingerprint density at radius 1 is 1.43 bits per heavy atom. The van der Waals surface area contributed by atoms with Crippen LogP contribution < -0.4 is 5.32 Å². The van der Waals surface area contributed by atoms with E-state index in [-0.39, 0.29) is 22.8 Å². The molecule has 0 spiro atoms. The maximum Gasteiger partial charge on any atom is 0.222 e. The Balaban J connectivity index is 2.28. The molecule has 1 atom stereocenters. The quantitative estimate of drug-likeness (QED) is 0.927. The summed E-state index contributed by atoms with van der Waals surface area (Å²) in [4.78, 5) is 21.4. The van der Waals surface area contributed by atoms with E-state index in [1.165, 1.54) is 0 Å². The molecular formula is C18H29N3O2. The number of ether oxygens (including phenoxy) is 1. The minimum Gasteiger partial charge on any atom is -0.384 e. The molecule has 0 radical (unpaired) electrons. The Morgan fingerprint density at radius 2 is 2.13 bits per heavy atom. The predicted octanol–water partition coefficient (Wildman–Crippen LogP) is 2.94. The average Bonchev–Trinajstić information content (AvgIpc) is 2.42. The third-order valence-electron chi connectivity index (χ3n) is 4.22. The van der Waals surface area contributed by atoms with Crippen molar-refractivity contribution < 1.29 is 9.53 Å². The molecule has 0 aliphatic heterocycles. The van der Waals surface area contributed by atoms with Crippen molar-refractivity contribution in [2.75, 3.05) is 13.7 Å². The summed E-state index contributed by atoms with van der Waals surface area (Å²) in [7, 11) is 1.61. The van der Waals surface area contributed by atoms with Gasteiger partial charge in [0.05, 0.1) is 12.6 Å². The van der Waals surface area contributed by atoms with Gasteiger partial charge in [0.15, 0.2) is 0 Å². The lowest BCUT2D eigenvalue weighted by molar-refractivity contribution is -0.123. The van der Waals surface area contributed by atoms with Crippen molar-refractivity contribution in [2.45, 2.75) is 65.3 Å². The zero-order valence-electron chi connectivity index (χ0n) is 15.2. The van der Waals surface area contributed by atoms with Crippen LogP contribution in [0.15, 0.2) is 6.20 Å². The first-order valence-electron chi connectivity index (χ1n) is 8.27. The number of aromatic nitrogens is 2. The molecule has 5 nitrogen and oxygen atoms in total. The van der Waals surface area contributed by atoms with E-state index in [2.05, 4.69) is 44.9 Å². The number of hydrogen-bond donors (Lipinski definition) is 1. The number of fused-ring (bicyclic) bond motifs is 1. The highest BCUT2D eigenvalue weighted by molar-refractivity contribution is 5.76. The molecule has 1 N–H and O–H groups in total. The average molecular weight is 319 g/mol. The molecule has 0 saturated carbocycles. The molecule has 23 heavy (non-hydrogen) atoms. The summed E-state index contributed by atoms with van der Waals surface area (Å²) in [5.41, 5.74) is 2.16. The first-order chi connectivity index (χ1) is 10.6. The number of nitrogens with zero attached hydrogens (tertiary/aromatic N) is 2. The Hall–Kier alpha value is -1.49. The summed E-state index contributed by atoms with van der Waals surface area (Å²) in [6.45, 7) is 11.2. The molecule has 5 heteroatoms. The fourth-order valence-corrected chi connectivity index (χ4v) is 3.00. The molecular weight excluding hydrogens is 290 g/mol. The van der Waals surface area contributed by atoms with Crippen LogP contribution in [-0.4, -0.2) is 29.6 Å². The Bertz CT molecular complexity index is 576. The Labute approximate surface area is 139 Å². The minimum atomic E-state index is -0.0756. The number of carbonyl (C=O) groups is 1. The van der Waals surface area contributed by atoms with Crippen LogP contribution in [0.2, 0.25) is 0 Å². The van der Waals surface area contributed by atoms with Gasteiger partial charge in [-0.25, -0.2) is 9.97 Å². The number of carbonyl (C=O) groups excluding carboxylic acids is 1. The van der Waals surface area contributed by atoms with Crippen molar-refractivity contribution in [3.05, 3.63) is 23.3 Å². The number of hydrogen-bond acceptors (Lipinski definition) is 4. The molecule has 0 saturated heterocycles. The summed E-state index contributed by atoms with van der Waals surface area (Å²) in [5.74, 6) is 0.874. The van der Waals surface area contributed by atoms with Gasteiger partial charge in [-0.2, -0.15) is 0 Å². The van der Waals surface area contributed by atoms with Crippen molar-refractivity contribution in [2.24, 2.45) is 5.41 Å². The first-order valence-corrected chi connectivity index (χ1v) is 8.27. The van der Waals surface area contributed by atoms with E-state index in [9.17, 15) is 4.79 Å².